The van der Waals surface area contributed by atoms with Gasteiger partial charge in [0.25, 0.3) is 47.3 Å². The zero-order chi connectivity index (χ0) is 92.3. The molecule has 4 saturated heterocycles. The van der Waals surface area contributed by atoms with Crippen LogP contribution in [0.3, 0.4) is 0 Å². The van der Waals surface area contributed by atoms with Crippen LogP contribution in [0.15, 0.2) is 174 Å². The van der Waals surface area contributed by atoms with E-state index in [9.17, 15) is 84.8 Å². The molecule has 42 heteroatoms. The highest BCUT2D eigenvalue weighted by molar-refractivity contribution is 7.89. The first kappa shape index (κ1) is 87.2. The van der Waals surface area contributed by atoms with Gasteiger partial charge < -0.3 is 70.5 Å². The van der Waals surface area contributed by atoms with E-state index in [1.165, 1.54) is 108 Å². The van der Waals surface area contributed by atoms with Crippen LogP contribution in [0, 0.1) is 58.7 Å². The fourth-order valence-electron chi connectivity index (χ4n) is 14.7. The molecule has 0 unspecified atom stereocenters. The first-order valence-corrected chi connectivity index (χ1v) is 40.1. The van der Waals surface area contributed by atoms with Gasteiger partial charge in [-0.1, -0.05) is 77.7 Å². The zero-order valence-electron chi connectivity index (χ0n) is 67.9. The number of primary sulfonamides is 1. The number of hydrogen-bond acceptors (Lipinski definition) is 25. The number of nitrogen functional groups attached to an aromatic ring is 1. The third kappa shape index (κ3) is 18.2. The van der Waals surface area contributed by atoms with Gasteiger partial charge in [-0.15, -0.1) is 0 Å². The molecule has 16 amide bonds. The first-order valence-electron chi connectivity index (χ1n) is 38.6. The van der Waals surface area contributed by atoms with Crippen molar-refractivity contribution in [1.82, 2.24) is 87.1 Å². The molecule has 5 aromatic heterocycles. The number of alkyl halides is 2. The molecule has 0 bridgehead atoms. The number of sulfonamides is 1. The van der Waals surface area contributed by atoms with Crippen molar-refractivity contribution in [3.8, 4) is 76.4 Å². The van der Waals surface area contributed by atoms with Crippen molar-refractivity contribution in [1.29, 1.82) is 5.26 Å². The second-order valence-corrected chi connectivity index (χ2v) is 31.3. The Balaban J connectivity index is 0.000000133. The summed E-state index contributed by atoms with van der Waals surface area (Å²) in [5.41, 5.74) is 5.93. The fraction of sp³-hybridized carbons (Fsp3) is 0.182. The highest BCUT2D eigenvalue weighted by Gasteiger charge is 2.53. The minimum absolute atomic E-state index is 0.0736. The van der Waals surface area contributed by atoms with Crippen LogP contribution in [0.1, 0.15) is 91.5 Å². The molecule has 5 aromatic carbocycles. The number of carbonyl (C=O) groups is 12. The number of methoxy groups -OCH3 is 3. The van der Waals surface area contributed by atoms with Crippen LogP contribution in [-0.2, 0) is 55.4 Å². The average molecular weight is 1780 g/mol. The quantitative estimate of drug-likeness (QED) is 0.0550. The van der Waals surface area contributed by atoms with Crippen LogP contribution < -0.4 is 77.9 Å². The maximum absolute atomic E-state index is 13.0. The van der Waals surface area contributed by atoms with E-state index in [2.05, 4.69) is 120 Å². The van der Waals surface area contributed by atoms with Gasteiger partial charge in [-0.25, -0.2) is 47.7 Å². The lowest BCUT2D eigenvalue weighted by Crippen LogP contribution is -2.54. The van der Waals surface area contributed by atoms with Crippen molar-refractivity contribution in [2.45, 2.75) is 59.8 Å². The smallest absolute Gasteiger partial charge is 0.387 e. The molecular weight excluding hydrogens is 1710 g/mol. The number of fused-ring (bicyclic) bond motifs is 6. The van der Waals surface area contributed by atoms with Gasteiger partial charge in [-0.3, -0.25) is 69.4 Å². The Labute approximate surface area is 733 Å². The molecule has 130 heavy (non-hydrogen) atoms. The number of carbonyl (C=O) groups excluding carboxylic acids is 12. The summed E-state index contributed by atoms with van der Waals surface area (Å²) in [6, 6.07) is 35.5. The first-order chi connectivity index (χ1) is 62.1. The highest BCUT2D eigenvalue weighted by atomic mass is 32.2. The van der Waals surface area contributed by atoms with Crippen LogP contribution in [0.4, 0.5) is 33.8 Å². The van der Waals surface area contributed by atoms with Crippen LogP contribution in [-0.4, -0.2) is 201 Å². The second-order valence-electron chi connectivity index (χ2n) is 29.8. The number of nitrogens with one attached hydrogen (secondary N) is 9. The summed E-state index contributed by atoms with van der Waals surface area (Å²) in [5.74, 6) is 19.8. The van der Waals surface area contributed by atoms with Gasteiger partial charge in [-0.05, 0) is 125 Å². The number of imide groups is 4. The van der Waals surface area contributed by atoms with E-state index in [0.29, 0.717) is 78.3 Å². The number of hydrogen-bond donors (Lipinski definition) is 11. The number of aromatic nitrogens is 5. The van der Waals surface area contributed by atoms with Crippen molar-refractivity contribution in [2.24, 2.45) is 5.14 Å². The molecule has 0 aliphatic carbocycles. The van der Waals surface area contributed by atoms with E-state index in [-0.39, 0.29) is 109 Å². The number of amides is 16. The molecule has 0 saturated carbocycles. The third-order valence-electron chi connectivity index (χ3n) is 21.1. The van der Waals surface area contributed by atoms with Crippen molar-refractivity contribution >= 4 is 109 Å². The van der Waals surface area contributed by atoms with Crippen molar-refractivity contribution in [3.63, 3.8) is 0 Å². The van der Waals surface area contributed by atoms with Crippen LogP contribution in [0.5, 0.6) is 23.0 Å². The standard InChI is InChI=1S/C24H17N7O4.C23H17N5O5.C21H18N4O6S.C20H14F2N4O4/c1-35-17-3-2-14-11-31(21(32)18(14)8-17)12-24(22(33)29-23(34)30-24)5-4-13-6-15-7-16(9-25)19(26)28-20(15)27-10-13;1-33-16-4-2-15-11-28(20(30)17(15)9-16)12-23(21(31)26-22(32)27-23)7-6-13-8-14-3-5-18(29)25-19(14)24-10-13;1-31-15-6-5-14-11-25(18(26)17(14)10-15)12-21(19(27)23-20(28)24-21)8-7-13-3-2-4-16(9-13)32(22,29)30;21-18(22)30-14-4-3-13-10-26(16(27)15(13)8-14)11-20(17(28)24-19(29)25-20)6-5-12-2-1-7-23-9-12/h2-3,6-8,10H,11-12H2,1H3,(H2,26,27,28)(H2,29,30,33,34);2-5,8-10H,11-12H2,1H3,(H,24,25,29)(H2,26,27,31,32);2-6,9-10H,11-12H2,1H3,(H2,22,29,30)(H2,23,24,27,28);1-4,7-9,18H,10-11H2,(H2,24,25,28,29)/t24-;23-;21-;20-/m1111/s1. The van der Waals surface area contributed by atoms with Gasteiger partial charge in [0.2, 0.25) is 37.7 Å². The molecule has 18 rings (SSSR count). The van der Waals surface area contributed by atoms with E-state index in [4.69, 9.17) is 25.1 Å². The number of pyridine rings is 5. The number of urea groups is 4. The average Bonchev–Trinajstić information content (AvgIpc) is 1.63. The molecule has 0 spiro atoms. The molecule has 652 valence electrons. The Kier molecular flexibility index (Phi) is 23.6. The second kappa shape index (κ2) is 35.1. The number of halogens is 2. The number of ether oxygens (including phenoxy) is 4. The summed E-state index contributed by atoms with van der Waals surface area (Å²) >= 11 is 0. The van der Waals surface area contributed by atoms with E-state index in [1.807, 2.05) is 6.07 Å². The van der Waals surface area contributed by atoms with Gasteiger partial charge in [0.15, 0.2) is 5.65 Å². The Morgan fingerprint density at radius 2 is 0.854 bits per heavy atom. The number of benzene rings is 5. The monoisotopic (exact) mass is 1780 g/mol. The number of anilines is 1. The number of H-pyrrole nitrogens is 1. The lowest BCUT2D eigenvalue weighted by atomic mass is 9.99. The molecule has 8 aliphatic heterocycles. The number of rotatable bonds is 14. The molecule has 13 heterocycles. The summed E-state index contributed by atoms with van der Waals surface area (Å²) in [4.78, 5) is 186. The van der Waals surface area contributed by atoms with Gasteiger partial charge in [-0.2, -0.15) is 14.0 Å². The molecule has 10 aromatic rings. The summed E-state index contributed by atoms with van der Waals surface area (Å²) < 4.78 is 68.0. The molecule has 13 N–H and O–H groups in total. The molecular formula is C88H66F2N20O19S. The maximum atomic E-state index is 13.0. The van der Waals surface area contributed by atoms with Crippen LogP contribution in [0.2, 0.25) is 0 Å². The largest absolute Gasteiger partial charge is 0.497 e. The zero-order valence-corrected chi connectivity index (χ0v) is 68.7. The van der Waals surface area contributed by atoms with Gasteiger partial charge in [0.05, 0.1) is 58.0 Å². The summed E-state index contributed by atoms with van der Waals surface area (Å²) in [7, 11) is 0.578. The maximum Gasteiger partial charge on any atom is 0.387 e. The van der Waals surface area contributed by atoms with Crippen molar-refractivity contribution in [3.05, 3.63) is 247 Å². The van der Waals surface area contributed by atoms with Gasteiger partial charge >= 0.3 is 30.7 Å². The molecule has 4 fully saturated rings. The number of nitrogens with two attached hydrogens (primary N) is 2. The van der Waals surface area contributed by atoms with Crippen LogP contribution >= 0.6 is 0 Å². The summed E-state index contributed by atoms with van der Waals surface area (Å²) in [6.07, 6.45) is 5.96. The van der Waals surface area contributed by atoms with Gasteiger partial charge in [0.1, 0.15) is 40.5 Å². The third-order valence-corrected chi connectivity index (χ3v) is 22.1. The number of nitrogens with zero attached hydrogens (tertiary/aromatic N) is 9. The lowest BCUT2D eigenvalue weighted by Gasteiger charge is -2.26. The lowest BCUT2D eigenvalue weighted by molar-refractivity contribution is -0.123. The molecule has 0 radical (unpaired) electrons. The Hall–Kier alpha value is -17.7. The van der Waals surface area contributed by atoms with Crippen molar-refractivity contribution in [2.75, 3.05) is 53.2 Å². The Morgan fingerprint density at radius 1 is 0.462 bits per heavy atom. The topological polar surface area (TPSA) is 545 Å². The number of aromatic amines is 1. The van der Waals surface area contributed by atoms with Crippen molar-refractivity contribution < 1.29 is 93.7 Å². The Morgan fingerprint density at radius 3 is 1.24 bits per heavy atom. The number of nitriles is 1. The normalized spacial score (nSPS) is 19.2. The summed E-state index contributed by atoms with van der Waals surface area (Å²) in [5, 5.41) is 34.3. The minimum Gasteiger partial charge on any atom is -0.497 e. The van der Waals surface area contributed by atoms with Gasteiger partial charge in [0, 0.05) is 112 Å². The highest BCUT2D eigenvalue weighted by Crippen LogP contribution is 2.35. The van der Waals surface area contributed by atoms with E-state index >= 15 is 0 Å². The van der Waals surface area contributed by atoms with E-state index in [0.717, 1.165) is 16.7 Å². The van der Waals surface area contributed by atoms with E-state index in [1.54, 1.807) is 97.2 Å². The molecule has 8 aliphatic rings. The summed E-state index contributed by atoms with van der Waals surface area (Å²) in [6.45, 7) is -2.86. The fourth-order valence-corrected chi connectivity index (χ4v) is 15.3. The SMILES string of the molecule is COc1ccc2c(c1)C(=O)N(C[C@@]1(C#Cc3cccc(S(N)(=O)=O)c3)NC(=O)NC1=O)C2.COc1ccc2c(c1)C(=O)N(C[C@@]1(C#Cc3cnc4[nH]c(=O)ccc4c3)NC(=O)NC1=O)C2.COc1ccc2c(c1)C(=O)N(C[C@@]1(C#Cc3cnc4nc(N)c(C#N)cc4c3)NC(=O)NC1=O)C2.O=C1NC(=O)[C@@](C#Cc2cccnc2)(CN2Cc3ccc(OC(F)F)cc3C2=O)N1. The predicted molar refractivity (Wildman–Crippen MR) is 449 cm³/mol. The van der Waals surface area contributed by atoms with E-state index < -0.39 is 92.5 Å². The molecule has 4 atom stereocenters. The predicted octanol–water partition coefficient (Wildman–Crippen LogP) is 2.39. The Bertz CT molecular complexity index is 7110. The van der Waals surface area contributed by atoms with Crippen LogP contribution in [0.25, 0.3) is 22.1 Å². The minimum atomic E-state index is -3.94. The molecule has 39 nitrogen and oxygen atoms in total.